The van der Waals surface area contributed by atoms with Crippen LogP contribution < -0.4 is 15.6 Å². The molecule has 1 aromatic heterocycles. The van der Waals surface area contributed by atoms with Crippen molar-refractivity contribution in [1.82, 2.24) is 9.55 Å². The SMILES string of the molecule is CCOc1ccc(C(F)(F)F)cc1NC(=O)Cn1cnc2ccc(Br)cc2c1=O. The molecule has 0 spiro atoms. The molecule has 0 atom stereocenters. The van der Waals surface area contributed by atoms with Gasteiger partial charge >= 0.3 is 6.18 Å². The molecule has 0 bridgehead atoms. The van der Waals surface area contributed by atoms with Crippen LogP contribution in [0.2, 0.25) is 0 Å². The number of aromatic nitrogens is 2. The van der Waals surface area contributed by atoms with E-state index in [1.165, 1.54) is 6.33 Å². The maximum atomic E-state index is 13.0. The summed E-state index contributed by atoms with van der Waals surface area (Å²) in [5, 5.41) is 2.69. The average molecular weight is 470 g/mol. The van der Waals surface area contributed by atoms with Crippen LogP contribution in [-0.2, 0) is 17.5 Å². The van der Waals surface area contributed by atoms with Gasteiger partial charge in [0.2, 0.25) is 5.91 Å². The van der Waals surface area contributed by atoms with E-state index >= 15 is 0 Å². The second kappa shape index (κ2) is 8.24. The molecule has 29 heavy (non-hydrogen) atoms. The Kier molecular flexibility index (Phi) is 5.92. The smallest absolute Gasteiger partial charge is 0.416 e. The summed E-state index contributed by atoms with van der Waals surface area (Å²) in [5.74, 6) is -0.592. The molecule has 10 heteroatoms. The number of carbonyl (C=O) groups excluding carboxylic acids is 1. The molecular weight excluding hydrogens is 455 g/mol. The molecule has 1 heterocycles. The van der Waals surface area contributed by atoms with Gasteiger partial charge in [-0.1, -0.05) is 15.9 Å². The highest BCUT2D eigenvalue weighted by Gasteiger charge is 2.31. The molecule has 6 nitrogen and oxygen atoms in total. The summed E-state index contributed by atoms with van der Waals surface area (Å²) in [4.78, 5) is 29.1. The number of carbonyl (C=O) groups is 1. The fraction of sp³-hybridized carbons (Fsp3) is 0.211. The number of rotatable bonds is 5. The van der Waals surface area contributed by atoms with Gasteiger partial charge in [-0.2, -0.15) is 13.2 Å². The standard InChI is InChI=1S/C19H15BrF3N3O3/c1-2-29-16-6-3-11(19(21,22)23)7-15(16)25-17(27)9-26-10-24-14-5-4-12(20)8-13(14)18(26)28/h3-8,10H,2,9H2,1H3,(H,25,27). The summed E-state index contributed by atoms with van der Waals surface area (Å²) in [6, 6.07) is 7.77. The maximum absolute atomic E-state index is 13.0. The number of hydrogen-bond donors (Lipinski definition) is 1. The number of nitrogens with one attached hydrogen (secondary N) is 1. The molecule has 3 aromatic rings. The van der Waals surface area contributed by atoms with E-state index in [0.29, 0.717) is 15.4 Å². The number of alkyl halides is 3. The van der Waals surface area contributed by atoms with Gasteiger partial charge in [0.15, 0.2) is 0 Å². The molecule has 0 aliphatic rings. The quantitative estimate of drug-likeness (QED) is 0.607. The summed E-state index contributed by atoms with van der Waals surface area (Å²) in [6.45, 7) is 1.45. The summed E-state index contributed by atoms with van der Waals surface area (Å²) in [5.41, 5.74) is -1.03. The fourth-order valence-corrected chi connectivity index (χ4v) is 3.03. The summed E-state index contributed by atoms with van der Waals surface area (Å²) >= 11 is 3.27. The lowest BCUT2D eigenvalue weighted by Crippen LogP contribution is -2.28. The Hall–Kier alpha value is -2.88. The third-order valence-electron chi connectivity index (χ3n) is 3.98. The normalized spacial score (nSPS) is 11.5. The van der Waals surface area contributed by atoms with Gasteiger partial charge in [0, 0.05) is 4.47 Å². The van der Waals surface area contributed by atoms with Crippen molar-refractivity contribution in [3.63, 3.8) is 0 Å². The molecule has 0 saturated heterocycles. The minimum Gasteiger partial charge on any atom is -0.492 e. The van der Waals surface area contributed by atoms with Gasteiger partial charge in [-0.3, -0.25) is 14.2 Å². The Bertz CT molecular complexity index is 1130. The van der Waals surface area contributed by atoms with Crippen molar-refractivity contribution in [2.75, 3.05) is 11.9 Å². The predicted molar refractivity (Wildman–Crippen MR) is 105 cm³/mol. The number of nitrogens with zero attached hydrogens (tertiary/aromatic N) is 2. The predicted octanol–water partition coefficient (Wildman–Crippen LogP) is 4.22. The van der Waals surface area contributed by atoms with Crippen LogP contribution >= 0.6 is 15.9 Å². The molecule has 0 aliphatic heterocycles. The fourth-order valence-electron chi connectivity index (χ4n) is 2.67. The van der Waals surface area contributed by atoms with E-state index in [2.05, 4.69) is 26.2 Å². The number of anilines is 1. The summed E-state index contributed by atoms with van der Waals surface area (Å²) in [7, 11) is 0. The highest BCUT2D eigenvalue weighted by atomic mass is 79.9. The summed E-state index contributed by atoms with van der Waals surface area (Å²) in [6.07, 6.45) is -3.36. The Morgan fingerprint density at radius 1 is 1.24 bits per heavy atom. The van der Waals surface area contributed by atoms with Gasteiger partial charge in [-0.25, -0.2) is 4.98 Å². The highest BCUT2D eigenvalue weighted by molar-refractivity contribution is 9.10. The Balaban J connectivity index is 1.88. The first kappa shape index (κ1) is 20.8. The van der Waals surface area contributed by atoms with E-state index in [9.17, 15) is 22.8 Å². The number of amides is 1. The van der Waals surface area contributed by atoms with E-state index in [-0.39, 0.29) is 18.0 Å². The molecule has 152 valence electrons. The molecular formula is C19H15BrF3N3O3. The van der Waals surface area contributed by atoms with Crippen molar-refractivity contribution in [3.05, 3.63) is 63.1 Å². The highest BCUT2D eigenvalue weighted by Crippen LogP contribution is 2.35. The third kappa shape index (κ3) is 4.76. The molecule has 0 aliphatic carbocycles. The minimum atomic E-state index is -4.57. The topological polar surface area (TPSA) is 73.2 Å². The number of hydrogen-bond acceptors (Lipinski definition) is 4. The third-order valence-corrected chi connectivity index (χ3v) is 4.47. The second-order valence-electron chi connectivity index (χ2n) is 6.03. The van der Waals surface area contributed by atoms with E-state index in [4.69, 9.17) is 4.74 Å². The molecule has 2 aromatic carbocycles. The lowest BCUT2D eigenvalue weighted by molar-refractivity contribution is -0.137. The molecule has 0 fully saturated rings. The number of halogens is 4. The van der Waals surface area contributed by atoms with Crippen molar-refractivity contribution in [3.8, 4) is 5.75 Å². The van der Waals surface area contributed by atoms with Gasteiger partial charge in [0.25, 0.3) is 5.56 Å². The van der Waals surface area contributed by atoms with Gasteiger partial charge < -0.3 is 10.1 Å². The number of ether oxygens (including phenoxy) is 1. The Morgan fingerprint density at radius 3 is 2.69 bits per heavy atom. The Labute approximate surface area is 171 Å². The zero-order chi connectivity index (χ0) is 21.2. The van der Waals surface area contributed by atoms with Crippen LogP contribution in [0.5, 0.6) is 5.75 Å². The minimum absolute atomic E-state index is 0.0989. The number of benzene rings is 2. The van der Waals surface area contributed by atoms with Gasteiger partial charge in [0.05, 0.1) is 35.1 Å². The molecule has 0 unspecified atom stereocenters. The first-order valence-corrected chi connectivity index (χ1v) is 9.27. The lowest BCUT2D eigenvalue weighted by atomic mass is 10.1. The van der Waals surface area contributed by atoms with Crippen LogP contribution in [0.1, 0.15) is 12.5 Å². The van der Waals surface area contributed by atoms with Crippen molar-refractivity contribution < 1.29 is 22.7 Å². The van der Waals surface area contributed by atoms with E-state index in [1.807, 2.05) is 0 Å². The van der Waals surface area contributed by atoms with E-state index in [1.54, 1.807) is 25.1 Å². The van der Waals surface area contributed by atoms with Crippen LogP contribution in [-0.4, -0.2) is 22.1 Å². The van der Waals surface area contributed by atoms with Crippen molar-refractivity contribution in [2.24, 2.45) is 0 Å². The van der Waals surface area contributed by atoms with Crippen molar-refractivity contribution in [2.45, 2.75) is 19.6 Å². The maximum Gasteiger partial charge on any atom is 0.416 e. The first-order valence-electron chi connectivity index (χ1n) is 8.47. The Morgan fingerprint density at radius 2 is 2.00 bits per heavy atom. The largest absolute Gasteiger partial charge is 0.492 e. The van der Waals surface area contributed by atoms with E-state index < -0.39 is 29.8 Å². The van der Waals surface area contributed by atoms with Crippen LogP contribution in [0.25, 0.3) is 10.9 Å². The number of fused-ring (bicyclic) bond motifs is 1. The van der Waals surface area contributed by atoms with Crippen LogP contribution in [0.3, 0.4) is 0 Å². The molecule has 3 rings (SSSR count). The van der Waals surface area contributed by atoms with Crippen molar-refractivity contribution >= 4 is 38.4 Å². The first-order chi connectivity index (χ1) is 13.7. The van der Waals surface area contributed by atoms with Crippen molar-refractivity contribution in [1.29, 1.82) is 0 Å². The molecule has 0 radical (unpaired) electrons. The second-order valence-corrected chi connectivity index (χ2v) is 6.94. The van der Waals surface area contributed by atoms with Crippen LogP contribution in [0.4, 0.5) is 18.9 Å². The monoisotopic (exact) mass is 469 g/mol. The molecule has 1 amide bonds. The van der Waals surface area contributed by atoms with Gasteiger partial charge in [-0.05, 0) is 43.3 Å². The zero-order valence-electron chi connectivity index (χ0n) is 15.1. The molecule has 1 N–H and O–H groups in total. The summed E-state index contributed by atoms with van der Waals surface area (Å²) < 4.78 is 46.0. The lowest BCUT2D eigenvalue weighted by Gasteiger charge is -2.15. The zero-order valence-corrected chi connectivity index (χ0v) is 16.7. The van der Waals surface area contributed by atoms with E-state index in [0.717, 1.165) is 22.8 Å². The van der Waals surface area contributed by atoms with Crippen LogP contribution in [0, 0.1) is 0 Å². The average Bonchev–Trinajstić information content (AvgIpc) is 2.65. The van der Waals surface area contributed by atoms with Gasteiger partial charge in [-0.15, -0.1) is 0 Å². The van der Waals surface area contributed by atoms with Gasteiger partial charge in [0.1, 0.15) is 12.3 Å². The molecule has 0 saturated carbocycles. The van der Waals surface area contributed by atoms with Crippen LogP contribution in [0.15, 0.2) is 52.0 Å².